The van der Waals surface area contributed by atoms with Crippen LogP contribution in [0.2, 0.25) is 0 Å². The Kier molecular flexibility index (Phi) is 4.91. The summed E-state index contributed by atoms with van der Waals surface area (Å²) >= 11 is 1.59. The topological polar surface area (TPSA) is 42.4 Å². The van der Waals surface area contributed by atoms with Crippen molar-refractivity contribution in [3.8, 4) is 5.75 Å². The molecule has 1 unspecified atom stereocenters. The van der Waals surface area contributed by atoms with E-state index in [0.29, 0.717) is 6.54 Å². The zero-order valence-electron chi connectivity index (χ0n) is 13.0. The molecule has 1 fully saturated rings. The molecule has 6 heteroatoms. The lowest BCUT2D eigenvalue weighted by Crippen LogP contribution is -2.41. The number of ether oxygens (including phenoxy) is 1. The summed E-state index contributed by atoms with van der Waals surface area (Å²) < 4.78 is 18.9. The van der Waals surface area contributed by atoms with E-state index in [1.54, 1.807) is 23.5 Å². The fraction of sp³-hybridized carbons (Fsp3) is 0.412. The van der Waals surface area contributed by atoms with E-state index in [1.807, 2.05) is 17.2 Å². The van der Waals surface area contributed by atoms with E-state index in [1.165, 1.54) is 12.1 Å². The first-order chi connectivity index (χ1) is 11.1. The molecular weight excluding hydrogens is 315 g/mol. The maximum Gasteiger partial charge on any atom is 0.261 e. The first kappa shape index (κ1) is 15.9. The molecular formula is C17H19FN2O2S. The molecule has 3 rings (SSSR count). The number of para-hydroxylation sites is 1. The van der Waals surface area contributed by atoms with Gasteiger partial charge in [0.25, 0.3) is 5.91 Å². The van der Waals surface area contributed by atoms with Crippen molar-refractivity contribution in [2.24, 2.45) is 0 Å². The molecule has 2 heterocycles. The Balaban J connectivity index is 1.68. The summed E-state index contributed by atoms with van der Waals surface area (Å²) in [5, 5.41) is 2.98. The SMILES string of the molecule is Cc1csc(C2CCCCN2C(=O)COc2ccccc2F)n1. The van der Waals surface area contributed by atoms with Gasteiger partial charge in [0.05, 0.1) is 6.04 Å². The Morgan fingerprint density at radius 2 is 2.26 bits per heavy atom. The lowest BCUT2D eigenvalue weighted by atomic mass is 10.0. The number of aromatic nitrogens is 1. The Morgan fingerprint density at radius 1 is 1.43 bits per heavy atom. The molecule has 1 aromatic carbocycles. The number of hydrogen-bond acceptors (Lipinski definition) is 4. The molecule has 1 aliphatic rings. The van der Waals surface area contributed by atoms with Gasteiger partial charge in [-0.1, -0.05) is 12.1 Å². The van der Waals surface area contributed by atoms with Crippen LogP contribution in [0.4, 0.5) is 4.39 Å². The summed E-state index contributed by atoms with van der Waals surface area (Å²) in [5.41, 5.74) is 0.977. The maximum absolute atomic E-state index is 13.6. The fourth-order valence-corrected chi connectivity index (χ4v) is 3.74. The third-order valence-corrected chi connectivity index (χ3v) is 5.00. The maximum atomic E-state index is 13.6. The average Bonchev–Trinajstić information content (AvgIpc) is 3.00. The molecule has 1 aromatic heterocycles. The summed E-state index contributed by atoms with van der Waals surface area (Å²) in [4.78, 5) is 18.9. The zero-order valence-corrected chi connectivity index (χ0v) is 13.8. The zero-order chi connectivity index (χ0) is 16.2. The highest BCUT2D eigenvalue weighted by atomic mass is 32.1. The van der Waals surface area contributed by atoms with Gasteiger partial charge in [-0.2, -0.15) is 0 Å². The minimum Gasteiger partial charge on any atom is -0.481 e. The number of carbonyl (C=O) groups is 1. The average molecular weight is 334 g/mol. The highest BCUT2D eigenvalue weighted by Crippen LogP contribution is 2.32. The van der Waals surface area contributed by atoms with Crippen LogP contribution in [0.1, 0.15) is 36.0 Å². The second-order valence-corrected chi connectivity index (χ2v) is 6.53. The number of thiazole rings is 1. The summed E-state index contributed by atoms with van der Waals surface area (Å²) in [6, 6.07) is 6.14. The first-order valence-corrected chi connectivity index (χ1v) is 8.62. The first-order valence-electron chi connectivity index (χ1n) is 7.74. The van der Waals surface area contributed by atoms with Gasteiger partial charge in [-0.05, 0) is 38.3 Å². The summed E-state index contributed by atoms with van der Waals surface area (Å²) in [7, 11) is 0. The van der Waals surface area contributed by atoms with Gasteiger partial charge in [0, 0.05) is 17.6 Å². The standard InChI is InChI=1S/C17H19FN2O2S/c1-12-11-23-17(19-12)14-7-4-5-9-20(14)16(21)10-22-15-8-3-2-6-13(15)18/h2-3,6,8,11,14H,4-5,7,9-10H2,1H3. The molecule has 2 aromatic rings. The number of halogens is 1. The van der Waals surface area contributed by atoms with Crippen molar-refractivity contribution in [2.45, 2.75) is 32.2 Å². The van der Waals surface area contributed by atoms with Crippen molar-refractivity contribution in [3.63, 3.8) is 0 Å². The fourth-order valence-electron chi connectivity index (χ4n) is 2.80. The van der Waals surface area contributed by atoms with Crippen LogP contribution in [0.5, 0.6) is 5.75 Å². The number of piperidine rings is 1. The van der Waals surface area contributed by atoms with E-state index in [-0.39, 0.29) is 24.3 Å². The molecule has 0 aliphatic carbocycles. The van der Waals surface area contributed by atoms with Gasteiger partial charge >= 0.3 is 0 Å². The van der Waals surface area contributed by atoms with Crippen LogP contribution >= 0.6 is 11.3 Å². The number of likely N-dealkylation sites (tertiary alicyclic amines) is 1. The largest absolute Gasteiger partial charge is 0.481 e. The van der Waals surface area contributed by atoms with Crippen molar-refractivity contribution in [2.75, 3.05) is 13.2 Å². The van der Waals surface area contributed by atoms with E-state index in [4.69, 9.17) is 4.74 Å². The van der Waals surface area contributed by atoms with Crippen molar-refractivity contribution >= 4 is 17.2 Å². The van der Waals surface area contributed by atoms with Crippen LogP contribution in [-0.4, -0.2) is 28.9 Å². The molecule has 1 aliphatic heterocycles. The lowest BCUT2D eigenvalue weighted by Gasteiger charge is -2.34. The van der Waals surface area contributed by atoms with Crippen molar-refractivity contribution in [1.82, 2.24) is 9.88 Å². The normalized spacial score (nSPS) is 18.0. The molecule has 0 radical (unpaired) electrons. The Hall–Kier alpha value is -1.95. The Labute approximate surface area is 138 Å². The molecule has 1 amide bonds. The molecule has 4 nitrogen and oxygen atoms in total. The van der Waals surface area contributed by atoms with Gasteiger partial charge in [-0.25, -0.2) is 9.37 Å². The smallest absolute Gasteiger partial charge is 0.261 e. The minimum atomic E-state index is -0.453. The number of hydrogen-bond donors (Lipinski definition) is 0. The molecule has 0 bridgehead atoms. The second kappa shape index (κ2) is 7.08. The molecule has 1 saturated heterocycles. The van der Waals surface area contributed by atoms with Gasteiger partial charge in [0.1, 0.15) is 5.01 Å². The highest BCUT2D eigenvalue weighted by molar-refractivity contribution is 7.09. The van der Waals surface area contributed by atoms with Crippen LogP contribution in [0.3, 0.4) is 0 Å². The van der Waals surface area contributed by atoms with Crippen LogP contribution in [-0.2, 0) is 4.79 Å². The molecule has 0 spiro atoms. The second-order valence-electron chi connectivity index (χ2n) is 5.64. The van der Waals surface area contributed by atoms with Gasteiger partial charge in [0.2, 0.25) is 0 Å². The van der Waals surface area contributed by atoms with Crippen LogP contribution in [0.25, 0.3) is 0 Å². The summed E-state index contributed by atoms with van der Waals surface area (Å²) in [6.45, 7) is 2.50. The van der Waals surface area contributed by atoms with E-state index in [2.05, 4.69) is 4.98 Å². The predicted molar refractivity (Wildman–Crippen MR) is 87.1 cm³/mol. The number of aryl methyl sites for hydroxylation is 1. The van der Waals surface area contributed by atoms with E-state index in [0.717, 1.165) is 30.0 Å². The monoisotopic (exact) mass is 334 g/mol. The molecule has 23 heavy (non-hydrogen) atoms. The summed E-state index contributed by atoms with van der Waals surface area (Å²) in [6.07, 6.45) is 2.98. The van der Waals surface area contributed by atoms with Gasteiger partial charge in [-0.3, -0.25) is 4.79 Å². The third kappa shape index (κ3) is 3.69. The third-order valence-electron chi connectivity index (χ3n) is 3.93. The quantitative estimate of drug-likeness (QED) is 0.856. The van der Waals surface area contributed by atoms with E-state index < -0.39 is 5.82 Å². The minimum absolute atomic E-state index is 0.0131. The van der Waals surface area contributed by atoms with E-state index >= 15 is 0 Å². The Morgan fingerprint density at radius 3 is 3.00 bits per heavy atom. The lowest BCUT2D eigenvalue weighted by molar-refractivity contribution is -0.137. The van der Waals surface area contributed by atoms with E-state index in [9.17, 15) is 9.18 Å². The Bertz CT molecular complexity index is 689. The highest BCUT2D eigenvalue weighted by Gasteiger charge is 2.30. The molecule has 1 atom stereocenters. The van der Waals surface area contributed by atoms with Crippen molar-refractivity contribution in [1.29, 1.82) is 0 Å². The molecule has 0 saturated carbocycles. The van der Waals surface area contributed by atoms with Gasteiger partial charge < -0.3 is 9.64 Å². The van der Waals surface area contributed by atoms with Crippen LogP contribution in [0, 0.1) is 12.7 Å². The van der Waals surface area contributed by atoms with Gasteiger partial charge in [0.15, 0.2) is 18.2 Å². The number of carbonyl (C=O) groups excluding carboxylic acids is 1. The molecule has 0 N–H and O–H groups in total. The van der Waals surface area contributed by atoms with Crippen molar-refractivity contribution in [3.05, 3.63) is 46.2 Å². The number of rotatable bonds is 4. The number of amides is 1. The van der Waals surface area contributed by atoms with Crippen LogP contribution in [0.15, 0.2) is 29.6 Å². The van der Waals surface area contributed by atoms with Crippen molar-refractivity contribution < 1.29 is 13.9 Å². The summed E-state index contributed by atoms with van der Waals surface area (Å²) in [5.74, 6) is -0.462. The van der Waals surface area contributed by atoms with Gasteiger partial charge in [-0.15, -0.1) is 11.3 Å². The number of benzene rings is 1. The predicted octanol–water partition coefficient (Wildman–Crippen LogP) is 3.72. The number of nitrogens with zero attached hydrogens (tertiary/aromatic N) is 2. The molecule has 122 valence electrons. The van der Waals surface area contributed by atoms with Crippen LogP contribution < -0.4 is 4.74 Å².